The van der Waals surface area contributed by atoms with Gasteiger partial charge in [0.05, 0.1) is 22.9 Å². The van der Waals surface area contributed by atoms with E-state index in [0.29, 0.717) is 16.4 Å². The predicted octanol–water partition coefficient (Wildman–Crippen LogP) is 3.03. The highest BCUT2D eigenvalue weighted by molar-refractivity contribution is 6.33. The van der Waals surface area contributed by atoms with Gasteiger partial charge in [0, 0.05) is 12.2 Å². The van der Waals surface area contributed by atoms with Crippen molar-refractivity contribution in [3.8, 4) is 11.3 Å². The number of halogens is 1. The molecular weight excluding hydrogens is 302 g/mol. The van der Waals surface area contributed by atoms with Gasteiger partial charge in [0.25, 0.3) is 5.91 Å². The predicted molar refractivity (Wildman–Crippen MR) is 84.9 cm³/mol. The molecule has 1 aliphatic heterocycles. The Kier molecular flexibility index (Phi) is 4.45. The summed E-state index contributed by atoms with van der Waals surface area (Å²) in [5, 5.41) is 10.5. The molecule has 1 aromatic heterocycles. The van der Waals surface area contributed by atoms with Crippen LogP contribution in [0.5, 0.6) is 0 Å². The molecule has 1 amide bonds. The van der Waals surface area contributed by atoms with Crippen LogP contribution in [0.15, 0.2) is 30.3 Å². The lowest BCUT2D eigenvalue weighted by Gasteiger charge is -2.19. The first-order chi connectivity index (χ1) is 10.6. The number of hydrogen-bond acceptors (Lipinski definition) is 3. The molecule has 1 aromatic carbocycles. The van der Waals surface area contributed by atoms with E-state index in [1.54, 1.807) is 12.1 Å². The molecule has 0 aliphatic carbocycles. The van der Waals surface area contributed by atoms with Crippen molar-refractivity contribution in [2.45, 2.75) is 31.9 Å². The van der Waals surface area contributed by atoms with Gasteiger partial charge in [-0.25, -0.2) is 0 Å². The summed E-state index contributed by atoms with van der Waals surface area (Å²) < 4.78 is 5.58. The molecule has 1 fully saturated rings. The summed E-state index contributed by atoms with van der Waals surface area (Å²) in [6.07, 6.45) is 2.12. The quantitative estimate of drug-likeness (QED) is 0.910. The standard InChI is InChI=1S/C16H18ClN3O2/c1-10(15-7-4-8-22-15)18-16(21)14-9-13(19-20-14)11-5-2-3-6-12(11)17/h2-3,5-6,9-10,15H,4,7-8H2,1H3,(H,18,21)(H,19,20). The topological polar surface area (TPSA) is 67.0 Å². The van der Waals surface area contributed by atoms with Crippen LogP contribution in [0.3, 0.4) is 0 Å². The Balaban J connectivity index is 1.70. The number of aromatic amines is 1. The van der Waals surface area contributed by atoms with E-state index in [2.05, 4.69) is 15.5 Å². The number of hydrogen-bond donors (Lipinski definition) is 2. The maximum atomic E-state index is 12.3. The van der Waals surface area contributed by atoms with E-state index in [-0.39, 0.29) is 18.1 Å². The Morgan fingerprint density at radius 1 is 1.50 bits per heavy atom. The van der Waals surface area contributed by atoms with Gasteiger partial charge in [-0.1, -0.05) is 29.8 Å². The smallest absolute Gasteiger partial charge is 0.269 e. The number of nitrogens with one attached hydrogen (secondary N) is 2. The third-order valence-electron chi connectivity index (χ3n) is 3.85. The minimum absolute atomic E-state index is 0.0259. The molecule has 0 bridgehead atoms. The van der Waals surface area contributed by atoms with E-state index in [0.717, 1.165) is 25.0 Å². The van der Waals surface area contributed by atoms with E-state index in [9.17, 15) is 4.79 Å². The van der Waals surface area contributed by atoms with Gasteiger partial charge in [-0.15, -0.1) is 0 Å². The maximum Gasteiger partial charge on any atom is 0.269 e. The molecule has 1 saturated heterocycles. The van der Waals surface area contributed by atoms with E-state index in [1.807, 2.05) is 25.1 Å². The average Bonchev–Trinajstić information content (AvgIpc) is 3.19. The molecule has 22 heavy (non-hydrogen) atoms. The molecule has 2 heterocycles. The van der Waals surface area contributed by atoms with Crippen LogP contribution in [0.1, 0.15) is 30.3 Å². The minimum Gasteiger partial charge on any atom is -0.376 e. The summed E-state index contributed by atoms with van der Waals surface area (Å²) in [6.45, 7) is 2.73. The van der Waals surface area contributed by atoms with Crippen molar-refractivity contribution in [1.82, 2.24) is 15.5 Å². The second-order valence-corrected chi connectivity index (χ2v) is 5.87. The van der Waals surface area contributed by atoms with Crippen LogP contribution in [0.25, 0.3) is 11.3 Å². The normalized spacial score (nSPS) is 19.1. The highest BCUT2D eigenvalue weighted by Crippen LogP contribution is 2.26. The van der Waals surface area contributed by atoms with Gasteiger partial charge in [-0.2, -0.15) is 5.10 Å². The highest BCUT2D eigenvalue weighted by Gasteiger charge is 2.24. The number of carbonyl (C=O) groups excluding carboxylic acids is 1. The first kappa shape index (κ1) is 15.1. The summed E-state index contributed by atoms with van der Waals surface area (Å²) >= 11 is 6.15. The van der Waals surface area contributed by atoms with Crippen molar-refractivity contribution in [3.05, 3.63) is 41.0 Å². The van der Waals surface area contributed by atoms with Gasteiger partial charge >= 0.3 is 0 Å². The van der Waals surface area contributed by atoms with Gasteiger partial charge in [-0.3, -0.25) is 9.89 Å². The van der Waals surface area contributed by atoms with Crippen LogP contribution in [0.2, 0.25) is 5.02 Å². The monoisotopic (exact) mass is 319 g/mol. The molecule has 3 rings (SSSR count). The summed E-state index contributed by atoms with van der Waals surface area (Å²) in [5.74, 6) is -0.186. The Morgan fingerprint density at radius 2 is 2.32 bits per heavy atom. The molecule has 116 valence electrons. The molecule has 2 N–H and O–H groups in total. The van der Waals surface area contributed by atoms with Crippen LogP contribution >= 0.6 is 11.6 Å². The van der Waals surface area contributed by atoms with Crippen molar-refractivity contribution < 1.29 is 9.53 Å². The number of nitrogens with zero attached hydrogens (tertiary/aromatic N) is 1. The zero-order valence-corrected chi connectivity index (χ0v) is 13.1. The maximum absolute atomic E-state index is 12.3. The van der Waals surface area contributed by atoms with Crippen LogP contribution in [0, 0.1) is 0 Å². The summed E-state index contributed by atoms with van der Waals surface area (Å²) in [6, 6.07) is 9.09. The van der Waals surface area contributed by atoms with Crippen LogP contribution in [-0.2, 0) is 4.74 Å². The van der Waals surface area contributed by atoms with Gasteiger partial charge in [0.2, 0.25) is 0 Å². The van der Waals surface area contributed by atoms with E-state index >= 15 is 0 Å². The second kappa shape index (κ2) is 6.50. The molecule has 5 nitrogen and oxygen atoms in total. The van der Waals surface area contributed by atoms with Gasteiger partial charge in [0.1, 0.15) is 5.69 Å². The van der Waals surface area contributed by atoms with Crippen LogP contribution in [0.4, 0.5) is 0 Å². The van der Waals surface area contributed by atoms with Crippen molar-refractivity contribution in [3.63, 3.8) is 0 Å². The fraction of sp³-hybridized carbons (Fsp3) is 0.375. The Morgan fingerprint density at radius 3 is 3.05 bits per heavy atom. The molecule has 0 spiro atoms. The number of H-pyrrole nitrogens is 1. The van der Waals surface area contributed by atoms with E-state index in [1.165, 1.54) is 0 Å². The molecule has 1 aliphatic rings. The zero-order chi connectivity index (χ0) is 15.5. The Hall–Kier alpha value is -1.85. The van der Waals surface area contributed by atoms with Crippen LogP contribution < -0.4 is 5.32 Å². The number of amides is 1. The first-order valence-corrected chi connectivity index (χ1v) is 7.75. The Bertz CT molecular complexity index is 665. The number of carbonyl (C=O) groups is 1. The van der Waals surface area contributed by atoms with Gasteiger partial charge < -0.3 is 10.1 Å². The van der Waals surface area contributed by atoms with Crippen molar-refractivity contribution in [2.24, 2.45) is 0 Å². The lowest BCUT2D eigenvalue weighted by atomic mass is 10.1. The van der Waals surface area contributed by atoms with Crippen molar-refractivity contribution in [1.29, 1.82) is 0 Å². The summed E-state index contributed by atoms with van der Waals surface area (Å²) in [4.78, 5) is 12.3. The molecule has 2 aromatic rings. The third-order valence-corrected chi connectivity index (χ3v) is 4.18. The third kappa shape index (κ3) is 3.15. The lowest BCUT2D eigenvalue weighted by Crippen LogP contribution is -2.40. The van der Waals surface area contributed by atoms with E-state index < -0.39 is 0 Å². The summed E-state index contributed by atoms with van der Waals surface area (Å²) in [7, 11) is 0. The van der Waals surface area contributed by atoms with Gasteiger partial charge in [0.15, 0.2) is 0 Å². The number of aromatic nitrogens is 2. The van der Waals surface area contributed by atoms with Gasteiger partial charge in [-0.05, 0) is 31.9 Å². The summed E-state index contributed by atoms with van der Waals surface area (Å²) in [5.41, 5.74) is 1.87. The van der Waals surface area contributed by atoms with Crippen LogP contribution in [-0.4, -0.2) is 34.9 Å². The SMILES string of the molecule is CC(NC(=O)c1cc(-c2ccccc2Cl)n[nH]1)C1CCCO1. The number of ether oxygens (including phenoxy) is 1. The molecule has 0 radical (unpaired) electrons. The molecule has 2 atom stereocenters. The minimum atomic E-state index is -0.186. The molecule has 2 unspecified atom stereocenters. The lowest BCUT2D eigenvalue weighted by molar-refractivity contribution is 0.0709. The van der Waals surface area contributed by atoms with Crippen molar-refractivity contribution >= 4 is 17.5 Å². The fourth-order valence-electron chi connectivity index (χ4n) is 2.62. The van der Waals surface area contributed by atoms with Crippen molar-refractivity contribution in [2.75, 3.05) is 6.61 Å². The average molecular weight is 320 g/mol. The molecule has 0 saturated carbocycles. The number of rotatable bonds is 4. The largest absolute Gasteiger partial charge is 0.376 e. The Labute approximate surface area is 134 Å². The fourth-order valence-corrected chi connectivity index (χ4v) is 2.85. The van der Waals surface area contributed by atoms with E-state index in [4.69, 9.17) is 16.3 Å². The highest BCUT2D eigenvalue weighted by atomic mass is 35.5. The molecular formula is C16H18ClN3O2. The zero-order valence-electron chi connectivity index (χ0n) is 12.3. The first-order valence-electron chi connectivity index (χ1n) is 7.38. The second-order valence-electron chi connectivity index (χ2n) is 5.46. The number of benzene rings is 1. The molecule has 6 heteroatoms.